The lowest BCUT2D eigenvalue weighted by Gasteiger charge is -2.56. The average molecular weight is 475 g/mol. The van der Waals surface area contributed by atoms with Gasteiger partial charge in [-0.2, -0.15) is 5.26 Å². The van der Waals surface area contributed by atoms with Crippen LogP contribution in [0.4, 0.5) is 0 Å². The van der Waals surface area contributed by atoms with Gasteiger partial charge < -0.3 is 10.2 Å². The fourth-order valence-electron chi connectivity index (χ4n) is 7.80. The predicted octanol–water partition coefficient (Wildman–Crippen LogP) is 6.21. The molecule has 2 N–H and O–H groups in total. The van der Waals surface area contributed by atoms with E-state index in [0.29, 0.717) is 30.3 Å². The molecule has 2 aromatic rings. The minimum Gasteiger partial charge on any atom is -0.393 e. The Kier molecular flexibility index (Phi) is 5.02. The normalized spacial score (nSPS) is 39.2. The van der Waals surface area contributed by atoms with Gasteiger partial charge in [-0.05, 0) is 91.4 Å². The van der Waals surface area contributed by atoms with Crippen LogP contribution < -0.4 is 0 Å². The second-order valence-corrected chi connectivity index (χ2v) is 11.6. The molecule has 34 heavy (non-hydrogen) atoms. The molecular weight excluding hydrogens is 444 g/mol. The van der Waals surface area contributed by atoms with Gasteiger partial charge >= 0.3 is 0 Å². The van der Waals surface area contributed by atoms with Crippen LogP contribution in [0.2, 0.25) is 5.15 Å². The second kappa shape index (κ2) is 7.65. The van der Waals surface area contributed by atoms with Gasteiger partial charge in [-0.1, -0.05) is 48.4 Å². The van der Waals surface area contributed by atoms with Gasteiger partial charge in [0.15, 0.2) is 0 Å². The lowest BCUT2D eigenvalue weighted by Crippen LogP contribution is -2.59. The first-order chi connectivity index (χ1) is 16.3. The van der Waals surface area contributed by atoms with Crippen molar-refractivity contribution in [3.8, 4) is 6.07 Å². The van der Waals surface area contributed by atoms with Crippen molar-refractivity contribution >= 4 is 27.9 Å². The second-order valence-electron chi connectivity index (χ2n) is 11.3. The summed E-state index contributed by atoms with van der Waals surface area (Å²) < 4.78 is 0. The molecule has 0 bridgehead atoms. The van der Waals surface area contributed by atoms with Gasteiger partial charge in [-0.3, -0.25) is 0 Å². The van der Waals surface area contributed by atoms with E-state index < -0.39 is 11.0 Å². The molecular formula is C29H31ClN2O2. The highest BCUT2D eigenvalue weighted by Gasteiger charge is 2.65. The third-order valence-corrected chi connectivity index (χ3v) is 10.0. The maximum absolute atomic E-state index is 12.5. The molecule has 0 saturated heterocycles. The molecule has 0 amide bonds. The van der Waals surface area contributed by atoms with Crippen molar-refractivity contribution in [2.45, 2.75) is 70.0 Å². The summed E-state index contributed by atoms with van der Waals surface area (Å²) in [5.41, 5.74) is 1.39. The van der Waals surface area contributed by atoms with Crippen LogP contribution in [0.15, 0.2) is 48.2 Å². The Balaban J connectivity index is 1.41. The average Bonchev–Trinajstić information content (AvgIpc) is 3.12. The Morgan fingerprint density at radius 3 is 2.82 bits per heavy atom. The van der Waals surface area contributed by atoms with Gasteiger partial charge in [0.05, 0.1) is 17.8 Å². The van der Waals surface area contributed by atoms with Crippen LogP contribution in [0, 0.1) is 34.0 Å². The van der Waals surface area contributed by atoms with Crippen LogP contribution in [0.5, 0.6) is 0 Å². The molecule has 5 unspecified atom stereocenters. The molecule has 0 spiro atoms. The predicted molar refractivity (Wildman–Crippen MR) is 134 cm³/mol. The quantitative estimate of drug-likeness (QED) is 0.380. The fourth-order valence-corrected chi connectivity index (χ4v) is 8.02. The molecule has 1 heterocycles. The first kappa shape index (κ1) is 22.3. The van der Waals surface area contributed by atoms with Crippen molar-refractivity contribution < 1.29 is 10.2 Å². The smallest absolute Gasteiger partial charge is 0.136 e. The number of aliphatic hydroxyl groups is 2. The topological polar surface area (TPSA) is 77.1 Å². The number of pyridine rings is 1. The van der Waals surface area contributed by atoms with Crippen molar-refractivity contribution in [1.29, 1.82) is 5.26 Å². The van der Waals surface area contributed by atoms with Crippen LogP contribution in [-0.2, 0) is 0 Å². The maximum Gasteiger partial charge on any atom is 0.136 e. The number of aromatic nitrogens is 1. The van der Waals surface area contributed by atoms with E-state index in [1.54, 1.807) is 6.20 Å². The fraction of sp³-hybridized carbons (Fsp3) is 0.517. The van der Waals surface area contributed by atoms with Gasteiger partial charge in [0.25, 0.3) is 0 Å². The summed E-state index contributed by atoms with van der Waals surface area (Å²) >= 11 is 6.42. The monoisotopic (exact) mass is 474 g/mol. The van der Waals surface area contributed by atoms with Crippen molar-refractivity contribution in [2.75, 3.05) is 0 Å². The summed E-state index contributed by atoms with van der Waals surface area (Å²) in [6.45, 7) is 2.28. The number of aliphatic hydroxyl groups excluding tert-OH is 1. The minimum atomic E-state index is -1.08. The highest BCUT2D eigenvalue weighted by Crippen LogP contribution is 2.66. The number of benzene rings is 1. The van der Waals surface area contributed by atoms with Crippen LogP contribution >= 0.6 is 11.6 Å². The SMILES string of the molecule is CC12CCC3(C#N)C=C4CC(O)CCC4CC[C@]3(O)C1CC=C2c1ccc2ccnc(Cl)c2c1. The Bertz CT molecular complexity index is 1280. The molecule has 4 aliphatic carbocycles. The summed E-state index contributed by atoms with van der Waals surface area (Å²) in [7, 11) is 0. The third-order valence-electron chi connectivity index (χ3n) is 9.71. The zero-order valence-corrected chi connectivity index (χ0v) is 20.4. The molecule has 0 radical (unpaired) electrons. The molecule has 5 heteroatoms. The highest BCUT2D eigenvalue weighted by atomic mass is 35.5. The first-order valence-corrected chi connectivity index (χ1v) is 13.0. The van der Waals surface area contributed by atoms with E-state index in [-0.39, 0.29) is 17.4 Å². The van der Waals surface area contributed by atoms with Crippen molar-refractivity contribution in [1.82, 2.24) is 4.98 Å². The zero-order chi connectivity index (χ0) is 23.7. The number of hydrogen-bond acceptors (Lipinski definition) is 4. The van der Waals surface area contributed by atoms with Gasteiger partial charge in [0, 0.05) is 17.5 Å². The van der Waals surface area contributed by atoms with Crippen molar-refractivity contribution in [2.24, 2.45) is 22.7 Å². The lowest BCUT2D eigenvalue weighted by molar-refractivity contribution is -0.143. The lowest BCUT2D eigenvalue weighted by atomic mass is 9.49. The Morgan fingerprint density at radius 2 is 2.00 bits per heavy atom. The largest absolute Gasteiger partial charge is 0.393 e. The van der Waals surface area contributed by atoms with E-state index in [9.17, 15) is 15.5 Å². The summed E-state index contributed by atoms with van der Waals surface area (Å²) in [4.78, 5) is 4.26. The molecule has 176 valence electrons. The number of allylic oxidation sites excluding steroid dienone is 2. The maximum atomic E-state index is 12.5. The molecule has 1 aromatic heterocycles. The zero-order valence-electron chi connectivity index (χ0n) is 19.6. The summed E-state index contributed by atoms with van der Waals surface area (Å²) in [6.07, 6.45) is 12.0. The summed E-state index contributed by atoms with van der Waals surface area (Å²) in [5.74, 6) is 0.351. The van der Waals surface area contributed by atoms with Crippen LogP contribution in [0.25, 0.3) is 16.3 Å². The Labute approximate surface area is 206 Å². The van der Waals surface area contributed by atoms with E-state index in [0.717, 1.165) is 48.4 Å². The number of hydrogen-bond donors (Lipinski definition) is 2. The molecule has 6 rings (SSSR count). The molecule has 2 saturated carbocycles. The molecule has 6 atom stereocenters. The highest BCUT2D eigenvalue weighted by molar-refractivity contribution is 6.34. The first-order valence-electron chi connectivity index (χ1n) is 12.6. The van der Waals surface area contributed by atoms with Gasteiger partial charge in [0.2, 0.25) is 0 Å². The summed E-state index contributed by atoms with van der Waals surface area (Å²) in [6, 6.07) is 11.0. The number of nitrogens with zero attached hydrogens (tertiary/aromatic N) is 2. The number of nitriles is 1. The number of fused-ring (bicyclic) bond motifs is 5. The Hall–Kier alpha value is -2.19. The van der Waals surface area contributed by atoms with E-state index in [1.807, 2.05) is 6.07 Å². The van der Waals surface area contributed by atoms with Gasteiger partial charge in [-0.25, -0.2) is 4.98 Å². The molecule has 4 aliphatic rings. The van der Waals surface area contributed by atoms with Crippen LogP contribution in [-0.4, -0.2) is 26.9 Å². The minimum absolute atomic E-state index is 0.0228. The molecule has 1 aromatic carbocycles. The molecule has 2 fully saturated rings. The molecule has 0 aliphatic heterocycles. The van der Waals surface area contributed by atoms with E-state index >= 15 is 0 Å². The Morgan fingerprint density at radius 1 is 1.15 bits per heavy atom. The van der Waals surface area contributed by atoms with Crippen LogP contribution in [0.1, 0.15) is 63.9 Å². The van der Waals surface area contributed by atoms with Gasteiger partial charge in [0.1, 0.15) is 10.6 Å². The van der Waals surface area contributed by atoms with E-state index in [1.165, 1.54) is 11.1 Å². The van der Waals surface area contributed by atoms with E-state index in [2.05, 4.69) is 48.3 Å². The number of halogens is 1. The summed E-state index contributed by atoms with van der Waals surface area (Å²) in [5, 5.41) is 35.8. The van der Waals surface area contributed by atoms with Crippen molar-refractivity contribution in [3.63, 3.8) is 0 Å². The number of rotatable bonds is 1. The van der Waals surface area contributed by atoms with Crippen molar-refractivity contribution in [3.05, 3.63) is 58.9 Å². The molecule has 4 nitrogen and oxygen atoms in total. The standard InChI is InChI=1S/C29H31ClN2O2/c1-27-11-12-28(17-31)16-21-14-22(33)5-4-18(21)8-10-29(28,34)25(27)7-6-24(27)20-3-2-19-9-13-32-26(30)23(19)15-20/h2-3,6,9,13,15-16,18,22,25,33-34H,4-5,7-8,10-12,14H2,1H3/t18?,22?,25?,27?,28?,29-/m0/s1. The third kappa shape index (κ3) is 3.00. The van der Waals surface area contributed by atoms with E-state index in [4.69, 9.17) is 11.6 Å². The van der Waals surface area contributed by atoms with Gasteiger partial charge in [-0.15, -0.1) is 0 Å². The van der Waals surface area contributed by atoms with Crippen LogP contribution in [0.3, 0.4) is 0 Å².